The quantitative estimate of drug-likeness (QED) is 0.501. The van der Waals surface area contributed by atoms with Crippen molar-refractivity contribution >= 4 is 27.5 Å². The first-order chi connectivity index (χ1) is 14.8. The SMILES string of the molecule is Cc1cccc(CN(CC(=O)N(C)Cc2ccccc2)S(=O)(=O)c2ccc(Cl)cc2)c1. The fourth-order valence-electron chi connectivity index (χ4n) is 3.21. The predicted molar refractivity (Wildman–Crippen MR) is 123 cm³/mol. The van der Waals surface area contributed by atoms with E-state index in [9.17, 15) is 13.2 Å². The minimum Gasteiger partial charge on any atom is -0.340 e. The summed E-state index contributed by atoms with van der Waals surface area (Å²) < 4.78 is 27.9. The van der Waals surface area contributed by atoms with Gasteiger partial charge < -0.3 is 4.90 Å². The number of rotatable bonds is 8. The molecule has 0 bridgehead atoms. The Kier molecular flexibility index (Phi) is 7.49. The Bertz CT molecular complexity index is 1130. The summed E-state index contributed by atoms with van der Waals surface area (Å²) in [5, 5.41) is 0.447. The highest BCUT2D eigenvalue weighted by molar-refractivity contribution is 7.89. The average molecular weight is 457 g/mol. The highest BCUT2D eigenvalue weighted by Crippen LogP contribution is 2.21. The molecule has 1 amide bonds. The van der Waals surface area contributed by atoms with Crippen LogP contribution in [0.2, 0.25) is 5.02 Å². The Morgan fingerprint density at radius 2 is 1.52 bits per heavy atom. The van der Waals surface area contributed by atoms with Crippen LogP contribution in [0.25, 0.3) is 0 Å². The molecule has 0 heterocycles. The van der Waals surface area contributed by atoms with Gasteiger partial charge in [-0.05, 0) is 42.3 Å². The second kappa shape index (κ2) is 10.1. The van der Waals surface area contributed by atoms with E-state index >= 15 is 0 Å². The summed E-state index contributed by atoms with van der Waals surface area (Å²) in [6.45, 7) is 2.18. The molecule has 31 heavy (non-hydrogen) atoms. The molecule has 0 saturated carbocycles. The third-order valence-corrected chi connectivity index (χ3v) is 6.95. The fraction of sp³-hybridized carbons (Fsp3) is 0.208. The van der Waals surface area contributed by atoms with Gasteiger partial charge in [-0.1, -0.05) is 71.8 Å². The first-order valence-corrected chi connectivity index (χ1v) is 11.7. The third kappa shape index (κ3) is 6.17. The molecule has 0 aliphatic carbocycles. The van der Waals surface area contributed by atoms with Gasteiger partial charge in [0, 0.05) is 25.2 Å². The van der Waals surface area contributed by atoms with Crippen molar-refractivity contribution in [1.29, 1.82) is 0 Å². The molecule has 3 aromatic carbocycles. The minimum absolute atomic E-state index is 0.0948. The average Bonchev–Trinajstić information content (AvgIpc) is 2.74. The fourth-order valence-corrected chi connectivity index (χ4v) is 4.72. The van der Waals surface area contributed by atoms with E-state index in [0.29, 0.717) is 11.6 Å². The normalized spacial score (nSPS) is 11.5. The summed E-state index contributed by atoms with van der Waals surface area (Å²) in [6, 6.07) is 23.2. The monoisotopic (exact) mass is 456 g/mol. The molecule has 0 spiro atoms. The first-order valence-electron chi connectivity index (χ1n) is 9.85. The van der Waals surface area contributed by atoms with Gasteiger partial charge in [0.15, 0.2) is 0 Å². The summed E-state index contributed by atoms with van der Waals surface area (Å²) in [6.07, 6.45) is 0. The smallest absolute Gasteiger partial charge is 0.243 e. The number of carbonyl (C=O) groups excluding carboxylic acids is 1. The lowest BCUT2D eigenvalue weighted by molar-refractivity contribution is -0.130. The van der Waals surface area contributed by atoms with E-state index < -0.39 is 10.0 Å². The molecule has 0 unspecified atom stereocenters. The topological polar surface area (TPSA) is 57.7 Å². The zero-order valence-corrected chi connectivity index (χ0v) is 19.1. The number of amides is 1. The number of sulfonamides is 1. The second-order valence-corrected chi connectivity index (χ2v) is 9.83. The standard InChI is InChI=1S/C24H25ClN2O3S/c1-19-7-6-10-21(15-19)17-27(31(29,30)23-13-11-22(25)12-14-23)18-24(28)26(2)16-20-8-4-3-5-9-20/h3-15H,16-18H2,1-2H3. The lowest BCUT2D eigenvalue weighted by Gasteiger charge is -2.25. The predicted octanol–water partition coefficient (Wildman–Crippen LogP) is 4.50. The molecule has 0 saturated heterocycles. The maximum atomic E-state index is 13.4. The van der Waals surface area contributed by atoms with Crippen LogP contribution < -0.4 is 0 Å². The highest BCUT2D eigenvalue weighted by Gasteiger charge is 2.28. The van der Waals surface area contributed by atoms with E-state index in [-0.39, 0.29) is 23.9 Å². The summed E-state index contributed by atoms with van der Waals surface area (Å²) >= 11 is 5.92. The van der Waals surface area contributed by atoms with Gasteiger partial charge in [0.05, 0.1) is 11.4 Å². The summed E-state index contributed by atoms with van der Waals surface area (Å²) in [5.74, 6) is -0.283. The first kappa shape index (κ1) is 23.0. The van der Waals surface area contributed by atoms with Crippen molar-refractivity contribution in [3.05, 3.63) is 101 Å². The van der Waals surface area contributed by atoms with Gasteiger partial charge in [0.2, 0.25) is 15.9 Å². The molecule has 3 aromatic rings. The Labute approximate surface area is 188 Å². The molecule has 0 atom stereocenters. The molecule has 0 radical (unpaired) electrons. The summed E-state index contributed by atoms with van der Waals surface area (Å²) in [4.78, 5) is 14.6. The van der Waals surface area contributed by atoms with Gasteiger partial charge in [0.1, 0.15) is 0 Å². The largest absolute Gasteiger partial charge is 0.340 e. The van der Waals surface area contributed by atoms with Gasteiger partial charge in [0.25, 0.3) is 0 Å². The van der Waals surface area contributed by atoms with Gasteiger partial charge in [-0.3, -0.25) is 4.79 Å². The highest BCUT2D eigenvalue weighted by atomic mass is 35.5. The molecular formula is C24H25ClN2O3S. The van der Waals surface area contributed by atoms with Crippen LogP contribution in [0.1, 0.15) is 16.7 Å². The van der Waals surface area contributed by atoms with E-state index in [0.717, 1.165) is 16.7 Å². The third-order valence-electron chi connectivity index (χ3n) is 4.89. The van der Waals surface area contributed by atoms with Crippen LogP contribution in [0.3, 0.4) is 0 Å². The summed E-state index contributed by atoms with van der Waals surface area (Å²) in [7, 11) is -2.23. The molecule has 0 aliphatic rings. The lowest BCUT2D eigenvalue weighted by atomic mass is 10.1. The number of nitrogens with zero attached hydrogens (tertiary/aromatic N) is 2. The number of hydrogen-bond donors (Lipinski definition) is 0. The van der Waals surface area contributed by atoms with E-state index in [1.54, 1.807) is 7.05 Å². The lowest BCUT2D eigenvalue weighted by Crippen LogP contribution is -2.40. The number of benzene rings is 3. The van der Waals surface area contributed by atoms with Crippen LogP contribution in [-0.4, -0.2) is 37.1 Å². The van der Waals surface area contributed by atoms with Crippen molar-refractivity contribution < 1.29 is 13.2 Å². The van der Waals surface area contributed by atoms with Crippen molar-refractivity contribution in [3.8, 4) is 0 Å². The van der Waals surface area contributed by atoms with Gasteiger partial charge in [-0.2, -0.15) is 4.31 Å². The van der Waals surface area contributed by atoms with E-state index in [4.69, 9.17) is 11.6 Å². The van der Waals surface area contributed by atoms with Gasteiger partial charge in [-0.15, -0.1) is 0 Å². The van der Waals surface area contributed by atoms with Crippen LogP contribution in [0.5, 0.6) is 0 Å². The summed E-state index contributed by atoms with van der Waals surface area (Å²) in [5.41, 5.74) is 2.81. The molecule has 5 nitrogen and oxygen atoms in total. The van der Waals surface area contributed by atoms with Gasteiger partial charge in [-0.25, -0.2) is 8.42 Å². The van der Waals surface area contributed by atoms with Crippen LogP contribution in [0.4, 0.5) is 0 Å². The molecule has 7 heteroatoms. The number of aryl methyl sites for hydroxylation is 1. The van der Waals surface area contributed by atoms with Crippen LogP contribution in [0, 0.1) is 6.92 Å². The molecule has 0 aliphatic heterocycles. The number of carbonyl (C=O) groups is 1. The van der Waals surface area contributed by atoms with Crippen molar-refractivity contribution in [3.63, 3.8) is 0 Å². The number of halogens is 1. The zero-order chi connectivity index (χ0) is 22.4. The maximum Gasteiger partial charge on any atom is 0.243 e. The molecule has 3 rings (SSSR count). The number of hydrogen-bond acceptors (Lipinski definition) is 3. The Hall–Kier alpha value is -2.67. The molecule has 162 valence electrons. The molecule has 0 N–H and O–H groups in total. The Morgan fingerprint density at radius 3 is 2.16 bits per heavy atom. The van der Waals surface area contributed by atoms with Crippen molar-refractivity contribution in [2.45, 2.75) is 24.9 Å². The molecular weight excluding hydrogens is 432 g/mol. The Balaban J connectivity index is 1.86. The second-order valence-electron chi connectivity index (χ2n) is 7.45. The van der Waals surface area contributed by atoms with E-state index in [1.165, 1.54) is 33.5 Å². The van der Waals surface area contributed by atoms with Gasteiger partial charge >= 0.3 is 0 Å². The Morgan fingerprint density at radius 1 is 0.871 bits per heavy atom. The van der Waals surface area contributed by atoms with Crippen molar-refractivity contribution in [2.75, 3.05) is 13.6 Å². The van der Waals surface area contributed by atoms with E-state index in [2.05, 4.69) is 0 Å². The van der Waals surface area contributed by atoms with Crippen LogP contribution in [-0.2, 0) is 27.9 Å². The maximum absolute atomic E-state index is 13.4. The minimum atomic E-state index is -3.90. The van der Waals surface area contributed by atoms with Crippen LogP contribution in [0.15, 0.2) is 83.8 Å². The number of likely N-dealkylation sites (N-methyl/N-ethyl adjacent to an activating group) is 1. The van der Waals surface area contributed by atoms with Crippen molar-refractivity contribution in [1.82, 2.24) is 9.21 Å². The van der Waals surface area contributed by atoms with Crippen LogP contribution >= 0.6 is 11.6 Å². The molecule has 0 aromatic heterocycles. The zero-order valence-electron chi connectivity index (χ0n) is 17.5. The van der Waals surface area contributed by atoms with Crippen molar-refractivity contribution in [2.24, 2.45) is 0 Å². The van der Waals surface area contributed by atoms with E-state index in [1.807, 2.05) is 61.5 Å². The molecule has 0 fully saturated rings.